The first-order chi connectivity index (χ1) is 10.5. The van der Waals surface area contributed by atoms with Crippen LogP contribution in [-0.4, -0.2) is 24.5 Å². The van der Waals surface area contributed by atoms with Gasteiger partial charge in [0.2, 0.25) is 0 Å². The molecule has 1 aliphatic carbocycles. The molecule has 0 aromatic heterocycles. The van der Waals surface area contributed by atoms with Crippen molar-refractivity contribution in [2.24, 2.45) is 5.92 Å². The Kier molecular flexibility index (Phi) is 6.09. The molecule has 0 radical (unpaired) electrons. The van der Waals surface area contributed by atoms with Crippen molar-refractivity contribution in [3.8, 4) is 0 Å². The number of halogens is 2. The highest BCUT2D eigenvalue weighted by Gasteiger charge is 2.23. The maximum atomic E-state index is 12.0. The lowest BCUT2D eigenvalue weighted by Gasteiger charge is -2.29. The predicted octanol–water partition coefficient (Wildman–Crippen LogP) is 3.85. The van der Waals surface area contributed by atoms with E-state index in [4.69, 9.17) is 27.9 Å². The van der Waals surface area contributed by atoms with Gasteiger partial charge in [-0.1, -0.05) is 49.0 Å². The normalized spacial score (nSPS) is 21.2. The monoisotopic (exact) mass is 343 g/mol. The second kappa shape index (κ2) is 7.84. The molecule has 1 amide bonds. The standard InChI is InChI=1S/C16H19Cl2NO3/c1-10-5-2-3-8-13(10)19-14(20)9-22-16(21)15-11(17)6-4-7-12(15)18/h4,6-7,10,13H,2-3,5,8-9H2,1H3,(H,19,20)/t10-,13-/m0/s1. The van der Waals surface area contributed by atoms with Crippen LogP contribution in [0.2, 0.25) is 10.0 Å². The van der Waals surface area contributed by atoms with Crippen LogP contribution in [0, 0.1) is 5.92 Å². The molecule has 0 spiro atoms. The van der Waals surface area contributed by atoms with E-state index >= 15 is 0 Å². The van der Waals surface area contributed by atoms with E-state index < -0.39 is 5.97 Å². The molecule has 120 valence electrons. The van der Waals surface area contributed by atoms with Gasteiger partial charge in [0.05, 0.1) is 15.6 Å². The maximum Gasteiger partial charge on any atom is 0.341 e. The lowest BCUT2D eigenvalue weighted by atomic mass is 9.86. The van der Waals surface area contributed by atoms with Gasteiger partial charge in [0.15, 0.2) is 6.61 Å². The van der Waals surface area contributed by atoms with E-state index in [-0.39, 0.29) is 34.2 Å². The van der Waals surface area contributed by atoms with Crippen LogP contribution in [0.5, 0.6) is 0 Å². The zero-order chi connectivity index (χ0) is 16.1. The van der Waals surface area contributed by atoms with Gasteiger partial charge in [0.25, 0.3) is 5.91 Å². The minimum absolute atomic E-state index is 0.0877. The summed E-state index contributed by atoms with van der Waals surface area (Å²) in [7, 11) is 0. The summed E-state index contributed by atoms with van der Waals surface area (Å²) in [5, 5.41) is 3.34. The lowest BCUT2D eigenvalue weighted by molar-refractivity contribution is -0.125. The lowest BCUT2D eigenvalue weighted by Crippen LogP contribution is -2.42. The molecule has 0 heterocycles. The molecule has 0 saturated heterocycles. The first-order valence-electron chi connectivity index (χ1n) is 7.39. The average Bonchev–Trinajstić information content (AvgIpc) is 2.47. The fourth-order valence-corrected chi connectivity index (χ4v) is 3.23. The van der Waals surface area contributed by atoms with Crippen LogP contribution in [-0.2, 0) is 9.53 Å². The van der Waals surface area contributed by atoms with Crippen molar-refractivity contribution in [1.29, 1.82) is 0 Å². The highest BCUT2D eigenvalue weighted by molar-refractivity contribution is 6.39. The van der Waals surface area contributed by atoms with E-state index in [0.29, 0.717) is 5.92 Å². The first kappa shape index (κ1) is 17.1. The topological polar surface area (TPSA) is 55.4 Å². The number of carbonyl (C=O) groups is 2. The van der Waals surface area contributed by atoms with Crippen molar-refractivity contribution in [1.82, 2.24) is 5.32 Å². The van der Waals surface area contributed by atoms with Crippen LogP contribution >= 0.6 is 23.2 Å². The van der Waals surface area contributed by atoms with Gasteiger partial charge >= 0.3 is 5.97 Å². The SMILES string of the molecule is C[C@H]1CCCC[C@@H]1NC(=O)COC(=O)c1c(Cl)cccc1Cl. The number of carbonyl (C=O) groups excluding carboxylic acids is 2. The van der Waals surface area contributed by atoms with Crippen molar-refractivity contribution in [3.05, 3.63) is 33.8 Å². The minimum atomic E-state index is -0.692. The highest BCUT2D eigenvalue weighted by Crippen LogP contribution is 2.25. The van der Waals surface area contributed by atoms with Crippen LogP contribution < -0.4 is 5.32 Å². The fraction of sp³-hybridized carbons (Fsp3) is 0.500. The van der Waals surface area contributed by atoms with Crippen molar-refractivity contribution in [3.63, 3.8) is 0 Å². The van der Waals surface area contributed by atoms with Crippen LogP contribution in [0.3, 0.4) is 0 Å². The molecular formula is C16H19Cl2NO3. The Bertz CT molecular complexity index is 542. The number of hydrogen-bond acceptors (Lipinski definition) is 3. The van der Waals surface area contributed by atoms with Crippen molar-refractivity contribution in [2.75, 3.05) is 6.61 Å². The molecule has 22 heavy (non-hydrogen) atoms. The minimum Gasteiger partial charge on any atom is -0.452 e. The summed E-state index contributed by atoms with van der Waals surface area (Å²) in [6.45, 7) is 1.79. The first-order valence-corrected chi connectivity index (χ1v) is 8.15. The second-order valence-electron chi connectivity index (χ2n) is 5.61. The largest absolute Gasteiger partial charge is 0.452 e. The Labute approximate surface area is 140 Å². The molecule has 1 aromatic rings. The summed E-state index contributed by atoms with van der Waals surface area (Å²) in [5.41, 5.74) is 0.0877. The van der Waals surface area contributed by atoms with Crippen LogP contribution in [0.25, 0.3) is 0 Å². The van der Waals surface area contributed by atoms with E-state index in [0.717, 1.165) is 19.3 Å². The third-order valence-electron chi connectivity index (χ3n) is 3.96. The Morgan fingerprint density at radius 2 is 1.86 bits per heavy atom. The number of nitrogens with one attached hydrogen (secondary N) is 1. The molecule has 2 rings (SSSR count). The summed E-state index contributed by atoms with van der Waals surface area (Å²) in [6.07, 6.45) is 4.40. The van der Waals surface area contributed by atoms with Crippen LogP contribution in [0.15, 0.2) is 18.2 Å². The Hall–Kier alpha value is -1.26. The smallest absolute Gasteiger partial charge is 0.341 e. The fourth-order valence-electron chi connectivity index (χ4n) is 2.68. The molecule has 1 fully saturated rings. The molecular weight excluding hydrogens is 325 g/mol. The quantitative estimate of drug-likeness (QED) is 0.845. The van der Waals surface area contributed by atoms with Crippen molar-refractivity contribution >= 4 is 35.1 Å². The molecule has 0 unspecified atom stereocenters. The summed E-state index contributed by atoms with van der Waals surface area (Å²) < 4.78 is 5.01. The van der Waals surface area contributed by atoms with Gasteiger partial charge in [-0.05, 0) is 30.9 Å². The summed E-state index contributed by atoms with van der Waals surface area (Å²) in [5.74, 6) is -0.538. The Balaban J connectivity index is 1.87. The van der Waals surface area contributed by atoms with Gasteiger partial charge in [-0.3, -0.25) is 4.79 Å². The van der Waals surface area contributed by atoms with Gasteiger partial charge in [0, 0.05) is 6.04 Å². The molecule has 1 saturated carbocycles. The predicted molar refractivity (Wildman–Crippen MR) is 86.3 cm³/mol. The third kappa shape index (κ3) is 4.37. The van der Waals surface area contributed by atoms with E-state index in [1.54, 1.807) is 18.2 Å². The zero-order valence-corrected chi connectivity index (χ0v) is 13.9. The zero-order valence-electron chi connectivity index (χ0n) is 12.4. The molecule has 1 aliphatic rings. The number of amides is 1. The van der Waals surface area contributed by atoms with Gasteiger partial charge in [-0.2, -0.15) is 0 Å². The second-order valence-corrected chi connectivity index (χ2v) is 6.42. The molecule has 0 bridgehead atoms. The number of rotatable bonds is 4. The molecule has 4 nitrogen and oxygen atoms in total. The molecule has 1 N–H and O–H groups in total. The summed E-state index contributed by atoms with van der Waals surface area (Å²) in [4.78, 5) is 23.9. The van der Waals surface area contributed by atoms with Crippen molar-refractivity contribution < 1.29 is 14.3 Å². The summed E-state index contributed by atoms with van der Waals surface area (Å²) in [6, 6.07) is 4.89. The van der Waals surface area contributed by atoms with Crippen LogP contribution in [0.1, 0.15) is 43.0 Å². The van der Waals surface area contributed by atoms with E-state index in [1.807, 2.05) is 0 Å². The maximum absolute atomic E-state index is 12.0. The number of benzene rings is 1. The van der Waals surface area contributed by atoms with Gasteiger partial charge in [0.1, 0.15) is 0 Å². The molecule has 6 heteroatoms. The van der Waals surface area contributed by atoms with Crippen LogP contribution in [0.4, 0.5) is 0 Å². The molecule has 0 aliphatic heterocycles. The number of ether oxygens (including phenoxy) is 1. The van der Waals surface area contributed by atoms with E-state index in [9.17, 15) is 9.59 Å². The van der Waals surface area contributed by atoms with Gasteiger partial charge in [-0.15, -0.1) is 0 Å². The number of esters is 1. The van der Waals surface area contributed by atoms with Crippen molar-refractivity contribution in [2.45, 2.75) is 38.6 Å². The molecule has 2 atom stereocenters. The Morgan fingerprint density at radius 1 is 1.23 bits per heavy atom. The number of hydrogen-bond donors (Lipinski definition) is 1. The Morgan fingerprint density at radius 3 is 2.50 bits per heavy atom. The van der Waals surface area contributed by atoms with E-state index in [2.05, 4.69) is 12.2 Å². The highest BCUT2D eigenvalue weighted by atomic mass is 35.5. The van der Waals surface area contributed by atoms with Gasteiger partial charge in [-0.25, -0.2) is 4.79 Å². The third-order valence-corrected chi connectivity index (χ3v) is 4.59. The van der Waals surface area contributed by atoms with Gasteiger partial charge < -0.3 is 10.1 Å². The average molecular weight is 344 g/mol. The van der Waals surface area contributed by atoms with E-state index in [1.165, 1.54) is 6.42 Å². The molecule has 1 aromatic carbocycles. The summed E-state index contributed by atoms with van der Waals surface area (Å²) >= 11 is 11.9.